The maximum absolute atomic E-state index is 10.7. The second-order valence-corrected chi connectivity index (χ2v) is 7.73. The molecule has 2 aromatic rings. The fourth-order valence-corrected chi connectivity index (χ4v) is 4.00. The molecular formula is C25H29N3O2. The molecule has 5 nitrogen and oxygen atoms in total. The van der Waals surface area contributed by atoms with Crippen LogP contribution in [0.15, 0.2) is 82.8 Å². The third-order valence-corrected chi connectivity index (χ3v) is 5.58. The zero-order chi connectivity index (χ0) is 20.6. The lowest BCUT2D eigenvalue weighted by molar-refractivity contribution is -0.102. The van der Waals surface area contributed by atoms with Crippen LogP contribution in [0.1, 0.15) is 36.5 Å². The van der Waals surface area contributed by atoms with Gasteiger partial charge in [0, 0.05) is 32.3 Å². The van der Waals surface area contributed by atoms with E-state index in [1.807, 2.05) is 48.6 Å². The number of benzene rings is 2. The maximum Gasteiger partial charge on any atom is 0.147 e. The predicted molar refractivity (Wildman–Crippen MR) is 121 cm³/mol. The summed E-state index contributed by atoms with van der Waals surface area (Å²) in [5.41, 5.74) is 2.28. The first-order valence-electron chi connectivity index (χ1n) is 10.7. The zero-order valence-corrected chi connectivity index (χ0v) is 17.2. The Kier molecular flexibility index (Phi) is 7.19. The third kappa shape index (κ3) is 5.51. The van der Waals surface area contributed by atoms with Crippen molar-refractivity contribution in [2.75, 3.05) is 19.6 Å². The van der Waals surface area contributed by atoms with Crippen molar-refractivity contribution in [1.29, 1.82) is 0 Å². The van der Waals surface area contributed by atoms with Crippen LogP contribution in [0.5, 0.6) is 0 Å². The van der Waals surface area contributed by atoms with E-state index < -0.39 is 6.23 Å². The molecule has 2 aliphatic rings. The number of hydrogen-bond acceptors (Lipinski definition) is 4. The van der Waals surface area contributed by atoms with E-state index in [4.69, 9.17) is 4.74 Å². The van der Waals surface area contributed by atoms with Gasteiger partial charge < -0.3 is 9.84 Å². The molecule has 2 unspecified atom stereocenters. The topological polar surface area (TPSA) is 57.4 Å². The van der Waals surface area contributed by atoms with Gasteiger partial charge >= 0.3 is 0 Å². The van der Waals surface area contributed by atoms with Crippen LogP contribution in [0, 0.1) is 0 Å². The summed E-state index contributed by atoms with van der Waals surface area (Å²) < 4.78 is 6.54. The molecule has 0 spiro atoms. The summed E-state index contributed by atoms with van der Waals surface area (Å²) in [6, 6.07) is 20.6. The van der Waals surface area contributed by atoms with Gasteiger partial charge in [0.1, 0.15) is 18.2 Å². The van der Waals surface area contributed by atoms with E-state index in [0.717, 1.165) is 49.4 Å². The van der Waals surface area contributed by atoms with Crippen molar-refractivity contribution in [3.8, 4) is 0 Å². The highest BCUT2D eigenvalue weighted by Crippen LogP contribution is 2.31. The Morgan fingerprint density at radius 1 is 1.07 bits per heavy atom. The number of piperidine rings is 1. The monoisotopic (exact) mass is 403 g/mol. The Morgan fingerprint density at radius 3 is 2.37 bits per heavy atom. The molecule has 0 radical (unpaired) electrons. The first kappa shape index (κ1) is 20.7. The van der Waals surface area contributed by atoms with Crippen LogP contribution in [0.25, 0.3) is 0 Å². The lowest BCUT2D eigenvalue weighted by Crippen LogP contribution is -2.45. The molecule has 1 saturated heterocycles. The van der Waals surface area contributed by atoms with Crippen LogP contribution >= 0.6 is 0 Å². The minimum absolute atomic E-state index is 0.0277. The molecule has 0 saturated carbocycles. The lowest BCUT2D eigenvalue weighted by Gasteiger charge is -2.37. The van der Waals surface area contributed by atoms with Gasteiger partial charge in [0.25, 0.3) is 0 Å². The van der Waals surface area contributed by atoms with Crippen molar-refractivity contribution < 1.29 is 9.84 Å². The highest BCUT2D eigenvalue weighted by molar-refractivity contribution is 6.06. The van der Waals surface area contributed by atoms with Crippen LogP contribution in [0.2, 0.25) is 0 Å². The molecule has 30 heavy (non-hydrogen) atoms. The van der Waals surface area contributed by atoms with E-state index in [9.17, 15) is 5.11 Å². The fraction of sp³-hybridized carbons (Fsp3) is 0.360. The summed E-state index contributed by atoms with van der Waals surface area (Å²) in [7, 11) is 0. The summed E-state index contributed by atoms with van der Waals surface area (Å²) in [5.74, 6) is 0.788. The number of likely N-dealkylation sites (tertiary alicyclic amines) is 1. The highest BCUT2D eigenvalue weighted by atomic mass is 16.5. The second kappa shape index (κ2) is 10.4. The number of aliphatic imine (C=N–C) groups is 2. The number of allylic oxidation sites excluding steroid dienone is 1. The standard InChI is InChI=1S/C25H29N3O2/c29-24-19-22(14-18-28(24)17-8-16-27-23-13-7-15-26-23)30-25(20-9-3-1-4-10-20)21-11-5-2-6-12-21/h1-7,9-13,15,22,24-25,29H,8,14,16-19H2. The van der Waals surface area contributed by atoms with Crippen molar-refractivity contribution in [3.05, 3.63) is 83.9 Å². The van der Waals surface area contributed by atoms with Gasteiger partial charge in [-0.15, -0.1) is 0 Å². The molecule has 0 bridgehead atoms. The van der Waals surface area contributed by atoms with Gasteiger partial charge in [0.15, 0.2) is 0 Å². The van der Waals surface area contributed by atoms with Crippen molar-refractivity contribution in [2.45, 2.75) is 37.7 Å². The van der Waals surface area contributed by atoms with Crippen molar-refractivity contribution in [1.82, 2.24) is 4.90 Å². The van der Waals surface area contributed by atoms with Gasteiger partial charge in [-0.2, -0.15) is 0 Å². The predicted octanol–water partition coefficient (Wildman–Crippen LogP) is 4.00. The van der Waals surface area contributed by atoms with E-state index in [-0.39, 0.29) is 12.2 Å². The average molecular weight is 404 g/mol. The van der Waals surface area contributed by atoms with Gasteiger partial charge in [-0.05, 0) is 36.1 Å². The normalized spacial score (nSPS) is 22.9. The molecule has 2 aromatic carbocycles. The van der Waals surface area contributed by atoms with Crippen molar-refractivity contribution >= 4 is 12.1 Å². The molecule has 156 valence electrons. The summed E-state index contributed by atoms with van der Waals surface area (Å²) in [5, 5.41) is 10.7. The maximum atomic E-state index is 10.7. The largest absolute Gasteiger partial charge is 0.378 e. The quantitative estimate of drug-likeness (QED) is 0.678. The number of aliphatic hydroxyl groups is 1. The Bertz CT molecular complexity index is 826. The molecule has 0 aromatic heterocycles. The molecular weight excluding hydrogens is 374 g/mol. The van der Waals surface area contributed by atoms with Crippen LogP contribution < -0.4 is 0 Å². The van der Waals surface area contributed by atoms with E-state index in [0.29, 0.717) is 6.42 Å². The zero-order valence-electron chi connectivity index (χ0n) is 17.2. The van der Waals surface area contributed by atoms with E-state index >= 15 is 0 Å². The van der Waals surface area contributed by atoms with Gasteiger partial charge in [-0.3, -0.25) is 9.89 Å². The molecule has 0 aliphatic carbocycles. The summed E-state index contributed by atoms with van der Waals surface area (Å²) in [4.78, 5) is 10.7. The molecule has 4 rings (SSSR count). The van der Waals surface area contributed by atoms with Gasteiger partial charge in [0.05, 0.1) is 6.10 Å². The van der Waals surface area contributed by atoms with Crippen LogP contribution in [0.3, 0.4) is 0 Å². The molecule has 0 amide bonds. The molecule has 2 heterocycles. The number of aliphatic hydroxyl groups excluding tert-OH is 1. The SMILES string of the molecule is OC1CC(OC(c2ccccc2)c2ccccc2)CCN1CCCN=C1C=CC=N1. The van der Waals surface area contributed by atoms with Crippen LogP contribution in [-0.2, 0) is 4.74 Å². The van der Waals surface area contributed by atoms with Gasteiger partial charge in [-0.1, -0.05) is 60.7 Å². The molecule has 1 N–H and O–H groups in total. The highest BCUT2D eigenvalue weighted by Gasteiger charge is 2.29. The van der Waals surface area contributed by atoms with E-state index in [1.165, 1.54) is 0 Å². The van der Waals surface area contributed by atoms with Crippen molar-refractivity contribution in [3.63, 3.8) is 0 Å². The summed E-state index contributed by atoms with van der Waals surface area (Å²) in [6.07, 6.45) is 7.43. The van der Waals surface area contributed by atoms with Gasteiger partial charge in [-0.25, -0.2) is 4.99 Å². The number of ether oxygens (including phenoxy) is 1. The smallest absolute Gasteiger partial charge is 0.147 e. The van der Waals surface area contributed by atoms with E-state index in [2.05, 4.69) is 39.2 Å². The molecule has 5 heteroatoms. The average Bonchev–Trinajstić information content (AvgIpc) is 3.31. The Morgan fingerprint density at radius 2 is 1.77 bits per heavy atom. The Labute approximate surface area is 178 Å². The molecule has 2 atom stereocenters. The number of rotatable bonds is 8. The Balaban J connectivity index is 1.32. The Hall–Kier alpha value is -2.60. The lowest BCUT2D eigenvalue weighted by atomic mass is 9.99. The van der Waals surface area contributed by atoms with Crippen LogP contribution in [0.4, 0.5) is 0 Å². The van der Waals surface area contributed by atoms with Crippen molar-refractivity contribution in [2.24, 2.45) is 9.98 Å². The number of amidine groups is 1. The summed E-state index contributed by atoms with van der Waals surface area (Å²) >= 11 is 0. The first-order valence-corrected chi connectivity index (χ1v) is 10.7. The molecule has 1 fully saturated rings. The minimum atomic E-state index is -0.479. The minimum Gasteiger partial charge on any atom is -0.378 e. The first-order chi connectivity index (χ1) is 14.8. The second-order valence-electron chi connectivity index (χ2n) is 7.73. The summed E-state index contributed by atoms with van der Waals surface area (Å²) in [6.45, 7) is 2.39. The molecule has 2 aliphatic heterocycles. The fourth-order valence-electron chi connectivity index (χ4n) is 4.00. The third-order valence-electron chi connectivity index (χ3n) is 5.58. The number of nitrogens with zero attached hydrogens (tertiary/aromatic N) is 3. The van der Waals surface area contributed by atoms with E-state index in [1.54, 1.807) is 6.21 Å². The number of hydrogen-bond donors (Lipinski definition) is 1. The van der Waals surface area contributed by atoms with Gasteiger partial charge in [0.2, 0.25) is 0 Å². The van der Waals surface area contributed by atoms with Crippen LogP contribution in [-0.4, -0.2) is 54.0 Å².